The number of esters is 1. The lowest BCUT2D eigenvalue weighted by atomic mass is 10.0. The molecular weight excluding hydrogens is 252 g/mol. The van der Waals surface area contributed by atoms with E-state index in [4.69, 9.17) is 0 Å². The molecule has 19 heavy (non-hydrogen) atoms. The number of benzene rings is 1. The minimum atomic E-state index is -0.549. The number of methoxy groups -OCH3 is 1. The zero-order valence-electron chi connectivity index (χ0n) is 11.2. The van der Waals surface area contributed by atoms with Crippen LogP contribution in [0.5, 0.6) is 0 Å². The predicted molar refractivity (Wildman–Crippen MR) is 68.4 cm³/mol. The Balaban J connectivity index is 2.67. The molecule has 0 atom stereocenters. The van der Waals surface area contributed by atoms with Gasteiger partial charge in [-0.15, -0.1) is 0 Å². The van der Waals surface area contributed by atoms with E-state index in [1.54, 1.807) is 6.08 Å². The molecule has 0 bridgehead atoms. The number of ether oxygens (including phenoxy) is 1. The van der Waals surface area contributed by atoms with E-state index in [1.165, 1.54) is 13.2 Å². The van der Waals surface area contributed by atoms with Gasteiger partial charge in [0, 0.05) is 23.7 Å². The van der Waals surface area contributed by atoms with Crippen LogP contribution in [0.2, 0.25) is 0 Å². The van der Waals surface area contributed by atoms with Gasteiger partial charge in [0.25, 0.3) is 0 Å². The topological polar surface area (TPSA) is 38.3 Å². The van der Waals surface area contributed by atoms with Gasteiger partial charge in [-0.2, -0.15) is 0 Å². The molecule has 1 N–H and O–H groups in total. The molecular formula is C14H17F2NO2. The largest absolute Gasteiger partial charge is 0.466 e. The summed E-state index contributed by atoms with van der Waals surface area (Å²) in [5, 5.41) is 3.02. The summed E-state index contributed by atoms with van der Waals surface area (Å²) in [5.41, 5.74) is -0.313. The number of nitrogens with one attached hydrogen (secondary N) is 1. The van der Waals surface area contributed by atoms with Crippen LogP contribution in [-0.4, -0.2) is 18.6 Å². The Kier molecular flexibility index (Phi) is 5.18. The van der Waals surface area contributed by atoms with E-state index in [0.29, 0.717) is 0 Å². The molecule has 0 aromatic heterocycles. The van der Waals surface area contributed by atoms with Gasteiger partial charge in [0.05, 0.1) is 7.11 Å². The Morgan fingerprint density at radius 2 is 2.11 bits per heavy atom. The maximum atomic E-state index is 13.4. The van der Waals surface area contributed by atoms with E-state index < -0.39 is 23.1 Å². The van der Waals surface area contributed by atoms with Crippen molar-refractivity contribution in [1.82, 2.24) is 5.32 Å². The van der Waals surface area contributed by atoms with Crippen molar-refractivity contribution in [3.63, 3.8) is 0 Å². The van der Waals surface area contributed by atoms with Gasteiger partial charge in [0.1, 0.15) is 11.6 Å². The first-order valence-corrected chi connectivity index (χ1v) is 5.80. The number of hydrogen-bond donors (Lipinski definition) is 1. The molecule has 0 fully saturated rings. The molecule has 104 valence electrons. The number of halogens is 2. The standard InChI is InChI=1S/C14H17F2NO2/c1-14(2,7-6-13(18)19-3)17-9-10-8-11(15)4-5-12(10)16/h4-8,17H,9H2,1-3H3/b7-6+. The third-order valence-corrected chi connectivity index (χ3v) is 2.58. The lowest BCUT2D eigenvalue weighted by Crippen LogP contribution is -2.37. The highest BCUT2D eigenvalue weighted by Gasteiger charge is 2.14. The first-order valence-electron chi connectivity index (χ1n) is 5.80. The summed E-state index contributed by atoms with van der Waals surface area (Å²) in [6.07, 6.45) is 2.89. The Hall–Kier alpha value is -1.75. The van der Waals surface area contributed by atoms with Crippen LogP contribution in [0.4, 0.5) is 8.78 Å². The Labute approximate surface area is 111 Å². The van der Waals surface area contributed by atoms with Gasteiger partial charge in [-0.3, -0.25) is 0 Å². The quantitative estimate of drug-likeness (QED) is 0.659. The molecule has 0 aliphatic rings. The van der Waals surface area contributed by atoms with Crippen molar-refractivity contribution in [1.29, 1.82) is 0 Å². The van der Waals surface area contributed by atoms with Gasteiger partial charge in [0.15, 0.2) is 0 Å². The number of hydrogen-bond acceptors (Lipinski definition) is 3. The average molecular weight is 269 g/mol. The third-order valence-electron chi connectivity index (χ3n) is 2.58. The van der Waals surface area contributed by atoms with Gasteiger partial charge in [-0.1, -0.05) is 6.08 Å². The second-order valence-corrected chi connectivity index (χ2v) is 4.67. The number of rotatable bonds is 5. The monoisotopic (exact) mass is 269 g/mol. The van der Waals surface area contributed by atoms with E-state index in [2.05, 4.69) is 10.1 Å². The van der Waals surface area contributed by atoms with Crippen molar-refractivity contribution in [2.45, 2.75) is 25.9 Å². The van der Waals surface area contributed by atoms with Gasteiger partial charge < -0.3 is 10.1 Å². The van der Waals surface area contributed by atoms with E-state index in [1.807, 2.05) is 13.8 Å². The van der Waals surface area contributed by atoms with Crippen LogP contribution in [0.1, 0.15) is 19.4 Å². The van der Waals surface area contributed by atoms with Crippen LogP contribution in [-0.2, 0) is 16.1 Å². The third kappa shape index (κ3) is 5.18. The lowest BCUT2D eigenvalue weighted by Gasteiger charge is -2.22. The molecule has 0 aliphatic carbocycles. The van der Waals surface area contributed by atoms with E-state index >= 15 is 0 Å². The van der Waals surface area contributed by atoms with E-state index in [-0.39, 0.29) is 12.1 Å². The first-order chi connectivity index (χ1) is 8.84. The SMILES string of the molecule is COC(=O)/C=C/C(C)(C)NCc1cc(F)ccc1F. The molecule has 0 aliphatic heterocycles. The minimum Gasteiger partial charge on any atom is -0.466 e. The van der Waals surface area contributed by atoms with Crippen molar-refractivity contribution >= 4 is 5.97 Å². The molecule has 3 nitrogen and oxygen atoms in total. The smallest absolute Gasteiger partial charge is 0.330 e. The highest BCUT2D eigenvalue weighted by atomic mass is 19.1. The second-order valence-electron chi connectivity index (χ2n) is 4.67. The zero-order valence-corrected chi connectivity index (χ0v) is 11.2. The van der Waals surface area contributed by atoms with Gasteiger partial charge in [-0.25, -0.2) is 13.6 Å². The summed E-state index contributed by atoms with van der Waals surface area (Å²) in [6.45, 7) is 3.77. The van der Waals surface area contributed by atoms with Crippen LogP contribution >= 0.6 is 0 Å². The van der Waals surface area contributed by atoms with Crippen molar-refractivity contribution in [2.24, 2.45) is 0 Å². The summed E-state index contributed by atoms with van der Waals surface area (Å²) in [4.78, 5) is 11.0. The Bertz CT molecular complexity index is 484. The average Bonchev–Trinajstić information content (AvgIpc) is 2.37. The number of carbonyl (C=O) groups excluding carboxylic acids is 1. The van der Waals surface area contributed by atoms with Crippen molar-refractivity contribution < 1.29 is 18.3 Å². The summed E-state index contributed by atoms with van der Waals surface area (Å²) >= 11 is 0. The lowest BCUT2D eigenvalue weighted by molar-refractivity contribution is -0.134. The Morgan fingerprint density at radius 3 is 2.74 bits per heavy atom. The number of carbonyl (C=O) groups is 1. The molecule has 0 saturated carbocycles. The normalized spacial score (nSPS) is 11.8. The molecule has 0 unspecified atom stereocenters. The highest BCUT2D eigenvalue weighted by Crippen LogP contribution is 2.12. The maximum Gasteiger partial charge on any atom is 0.330 e. The fourth-order valence-corrected chi connectivity index (χ4v) is 1.41. The molecule has 1 aromatic carbocycles. The van der Waals surface area contributed by atoms with Crippen LogP contribution in [0.25, 0.3) is 0 Å². The van der Waals surface area contributed by atoms with Gasteiger partial charge >= 0.3 is 5.97 Å². The molecule has 0 amide bonds. The summed E-state index contributed by atoms with van der Waals surface area (Å²) in [7, 11) is 1.29. The first kappa shape index (κ1) is 15.3. The van der Waals surface area contributed by atoms with Crippen molar-refractivity contribution in [3.05, 3.63) is 47.5 Å². The Morgan fingerprint density at radius 1 is 1.42 bits per heavy atom. The highest BCUT2D eigenvalue weighted by molar-refractivity contribution is 5.81. The van der Waals surface area contributed by atoms with Crippen molar-refractivity contribution in [2.75, 3.05) is 7.11 Å². The van der Waals surface area contributed by atoms with Gasteiger partial charge in [-0.05, 0) is 32.0 Å². The zero-order chi connectivity index (χ0) is 14.5. The molecule has 5 heteroatoms. The van der Waals surface area contributed by atoms with Crippen LogP contribution in [0.3, 0.4) is 0 Å². The molecule has 0 spiro atoms. The maximum absolute atomic E-state index is 13.4. The molecule has 0 radical (unpaired) electrons. The van der Waals surface area contributed by atoms with E-state index in [9.17, 15) is 13.6 Å². The van der Waals surface area contributed by atoms with Crippen LogP contribution < -0.4 is 5.32 Å². The van der Waals surface area contributed by atoms with E-state index in [0.717, 1.165) is 18.2 Å². The predicted octanol–water partition coefficient (Wildman–Crippen LogP) is 2.56. The molecule has 1 rings (SSSR count). The summed E-state index contributed by atoms with van der Waals surface area (Å²) in [6, 6.07) is 3.30. The summed E-state index contributed by atoms with van der Waals surface area (Å²) in [5.74, 6) is -1.42. The molecule has 1 aromatic rings. The second kappa shape index (κ2) is 6.43. The van der Waals surface area contributed by atoms with Crippen molar-refractivity contribution in [3.8, 4) is 0 Å². The molecule has 0 heterocycles. The fourth-order valence-electron chi connectivity index (χ4n) is 1.41. The van der Waals surface area contributed by atoms with Crippen LogP contribution in [0, 0.1) is 11.6 Å². The molecule has 0 saturated heterocycles. The van der Waals surface area contributed by atoms with Crippen LogP contribution in [0.15, 0.2) is 30.4 Å². The van der Waals surface area contributed by atoms with Gasteiger partial charge in [0.2, 0.25) is 0 Å². The minimum absolute atomic E-state index is 0.155. The summed E-state index contributed by atoms with van der Waals surface area (Å²) < 4.78 is 30.9. The fraction of sp³-hybridized carbons (Fsp3) is 0.357.